The number of thioether (sulfide) groups is 1. The molecule has 0 aromatic heterocycles. The van der Waals surface area contributed by atoms with E-state index in [4.69, 9.17) is 9.47 Å². The number of halogens is 1. The van der Waals surface area contributed by atoms with E-state index in [0.29, 0.717) is 28.6 Å². The second kappa shape index (κ2) is 12.5. The Hall–Kier alpha value is -3.31. The van der Waals surface area contributed by atoms with E-state index >= 15 is 0 Å². The molecule has 3 aromatic rings. The van der Waals surface area contributed by atoms with Gasteiger partial charge in [-0.25, -0.2) is 0 Å². The number of nitrogens with one attached hydrogen (secondary N) is 1. The average Bonchev–Trinajstić information content (AvgIpc) is 3.14. The van der Waals surface area contributed by atoms with E-state index in [9.17, 15) is 14.4 Å². The Morgan fingerprint density at radius 3 is 2.47 bits per heavy atom. The van der Waals surface area contributed by atoms with Crippen LogP contribution in [0.25, 0.3) is 6.08 Å². The highest BCUT2D eigenvalue weighted by molar-refractivity contribution is 14.1. The van der Waals surface area contributed by atoms with Crippen molar-refractivity contribution in [1.29, 1.82) is 0 Å². The second-order valence-corrected chi connectivity index (χ2v) is 10.9. The van der Waals surface area contributed by atoms with Gasteiger partial charge in [-0.15, -0.1) is 0 Å². The summed E-state index contributed by atoms with van der Waals surface area (Å²) in [6, 6.07) is 18.7. The van der Waals surface area contributed by atoms with Gasteiger partial charge >= 0.3 is 0 Å². The third-order valence-corrected chi connectivity index (χ3v) is 7.33. The minimum absolute atomic E-state index is 0.190. The predicted octanol–water partition coefficient (Wildman–Crippen LogP) is 6.56. The Morgan fingerprint density at radius 2 is 1.76 bits per heavy atom. The van der Waals surface area contributed by atoms with E-state index in [2.05, 4.69) is 27.9 Å². The Morgan fingerprint density at radius 1 is 1.00 bits per heavy atom. The zero-order chi connectivity index (χ0) is 27.2. The number of carbonyl (C=O) groups is 3. The first-order valence-corrected chi connectivity index (χ1v) is 13.9. The minimum Gasteiger partial charge on any atom is -0.490 e. The number of ether oxygens (including phenoxy) is 2. The lowest BCUT2D eigenvalue weighted by molar-refractivity contribution is -0.123. The summed E-state index contributed by atoms with van der Waals surface area (Å²) in [7, 11) is 0. The van der Waals surface area contributed by atoms with Gasteiger partial charge in [0.15, 0.2) is 18.1 Å². The van der Waals surface area contributed by atoms with Crippen LogP contribution in [0.1, 0.15) is 29.2 Å². The normalized spacial score (nSPS) is 14.2. The molecule has 38 heavy (non-hydrogen) atoms. The number of nitrogens with zero attached hydrogens (tertiary/aromatic N) is 1. The Labute approximate surface area is 239 Å². The molecule has 1 saturated heterocycles. The molecule has 3 amide bonds. The lowest BCUT2D eigenvalue weighted by Gasteiger charge is -2.14. The van der Waals surface area contributed by atoms with Gasteiger partial charge < -0.3 is 14.8 Å². The Kier molecular flexibility index (Phi) is 9.11. The minimum atomic E-state index is -0.333. The van der Waals surface area contributed by atoms with Crippen LogP contribution in [0.15, 0.2) is 65.6 Å². The molecular formula is C29H27IN2O5S. The van der Waals surface area contributed by atoms with Gasteiger partial charge in [0.05, 0.1) is 18.1 Å². The molecule has 1 N–H and O–H groups in total. The average molecular weight is 643 g/mol. The molecule has 1 aliphatic heterocycles. The summed E-state index contributed by atoms with van der Waals surface area (Å²) in [6.45, 7) is 6.20. The number of imide groups is 1. The van der Waals surface area contributed by atoms with Crippen molar-refractivity contribution in [2.75, 3.05) is 18.5 Å². The SMILES string of the molecule is CCOc1cc(/C=C2\SC(=O)N(Cc3ccc(I)cc3)C2=O)ccc1OCC(=O)Nc1ccc(C)cc1C. The lowest BCUT2D eigenvalue weighted by atomic mass is 10.1. The van der Waals surface area contributed by atoms with Crippen LogP contribution in [0.3, 0.4) is 0 Å². The van der Waals surface area contributed by atoms with Crippen LogP contribution in [0, 0.1) is 17.4 Å². The number of aryl methyl sites for hydroxylation is 2. The van der Waals surface area contributed by atoms with Crippen LogP contribution >= 0.6 is 34.4 Å². The molecular weight excluding hydrogens is 615 g/mol. The van der Waals surface area contributed by atoms with Gasteiger partial charge in [-0.2, -0.15) is 0 Å². The largest absolute Gasteiger partial charge is 0.490 e. The van der Waals surface area contributed by atoms with Crippen molar-refractivity contribution in [3.8, 4) is 11.5 Å². The van der Waals surface area contributed by atoms with Crippen LogP contribution in [-0.2, 0) is 16.1 Å². The second-order valence-electron chi connectivity index (χ2n) is 8.69. The summed E-state index contributed by atoms with van der Waals surface area (Å²) < 4.78 is 12.6. The van der Waals surface area contributed by atoms with Gasteiger partial charge in [0, 0.05) is 9.26 Å². The zero-order valence-electron chi connectivity index (χ0n) is 21.2. The fourth-order valence-electron chi connectivity index (χ4n) is 3.85. The molecule has 0 radical (unpaired) electrons. The van der Waals surface area contributed by atoms with E-state index in [1.807, 2.05) is 63.2 Å². The summed E-state index contributed by atoms with van der Waals surface area (Å²) >= 11 is 3.12. The molecule has 0 unspecified atom stereocenters. The van der Waals surface area contributed by atoms with E-state index < -0.39 is 0 Å². The molecule has 0 spiro atoms. The third kappa shape index (κ3) is 6.96. The molecule has 0 bridgehead atoms. The fraction of sp³-hybridized carbons (Fsp3) is 0.207. The van der Waals surface area contributed by atoms with Crippen LogP contribution < -0.4 is 14.8 Å². The van der Waals surface area contributed by atoms with E-state index in [1.165, 1.54) is 4.90 Å². The smallest absolute Gasteiger partial charge is 0.293 e. The van der Waals surface area contributed by atoms with Crippen LogP contribution in [0.4, 0.5) is 10.5 Å². The molecule has 196 valence electrons. The summed E-state index contributed by atoms with van der Waals surface area (Å²) in [6.07, 6.45) is 1.66. The lowest BCUT2D eigenvalue weighted by Crippen LogP contribution is -2.27. The van der Waals surface area contributed by atoms with Crippen molar-refractivity contribution in [2.24, 2.45) is 0 Å². The topological polar surface area (TPSA) is 84.9 Å². The van der Waals surface area contributed by atoms with Gasteiger partial charge in [-0.3, -0.25) is 19.3 Å². The predicted molar refractivity (Wildman–Crippen MR) is 158 cm³/mol. The molecule has 0 atom stereocenters. The van der Waals surface area contributed by atoms with Crippen molar-refractivity contribution in [3.05, 3.63) is 91.4 Å². The van der Waals surface area contributed by atoms with Gasteiger partial charge in [-0.05, 0) is 108 Å². The number of anilines is 1. The first-order valence-electron chi connectivity index (χ1n) is 12.0. The maximum absolute atomic E-state index is 13.0. The number of hydrogen-bond donors (Lipinski definition) is 1. The van der Waals surface area contributed by atoms with Gasteiger partial charge in [0.2, 0.25) is 0 Å². The number of benzene rings is 3. The first-order chi connectivity index (χ1) is 18.2. The molecule has 0 aliphatic carbocycles. The van der Waals surface area contributed by atoms with Gasteiger partial charge in [-0.1, -0.05) is 35.9 Å². The number of amides is 3. The highest BCUT2D eigenvalue weighted by Gasteiger charge is 2.35. The summed E-state index contributed by atoms with van der Waals surface area (Å²) in [5.74, 6) is 0.232. The maximum Gasteiger partial charge on any atom is 0.293 e. The Bertz CT molecular complexity index is 1400. The molecule has 3 aromatic carbocycles. The molecule has 0 saturated carbocycles. The number of rotatable bonds is 9. The van der Waals surface area contributed by atoms with Gasteiger partial charge in [0.25, 0.3) is 17.1 Å². The highest BCUT2D eigenvalue weighted by Crippen LogP contribution is 2.35. The van der Waals surface area contributed by atoms with E-state index in [0.717, 1.165) is 37.7 Å². The van der Waals surface area contributed by atoms with Crippen molar-refractivity contribution >= 4 is 63.2 Å². The summed E-state index contributed by atoms with van der Waals surface area (Å²) in [4.78, 5) is 39.5. The summed E-state index contributed by atoms with van der Waals surface area (Å²) in [5.41, 5.74) is 4.39. The van der Waals surface area contributed by atoms with Crippen LogP contribution in [0.2, 0.25) is 0 Å². The molecule has 1 fully saturated rings. The number of carbonyl (C=O) groups excluding carboxylic acids is 3. The maximum atomic E-state index is 13.0. The monoisotopic (exact) mass is 642 g/mol. The zero-order valence-corrected chi connectivity index (χ0v) is 24.2. The third-order valence-electron chi connectivity index (χ3n) is 5.71. The van der Waals surface area contributed by atoms with Crippen molar-refractivity contribution in [2.45, 2.75) is 27.3 Å². The molecule has 7 nitrogen and oxygen atoms in total. The highest BCUT2D eigenvalue weighted by atomic mass is 127. The fourth-order valence-corrected chi connectivity index (χ4v) is 5.04. The molecule has 4 rings (SSSR count). The quantitative estimate of drug-likeness (QED) is 0.210. The Balaban J connectivity index is 1.44. The first kappa shape index (κ1) is 27.7. The van der Waals surface area contributed by atoms with Crippen LogP contribution in [0.5, 0.6) is 11.5 Å². The standard InChI is InChI=1S/C29H27IN2O5S/c1-4-36-25-14-21(8-12-24(25)37-17-27(33)31-23-11-5-18(2)13-19(23)3)15-26-28(34)32(29(35)38-26)16-20-6-9-22(30)10-7-20/h5-15H,4,16-17H2,1-3H3,(H,31,33)/b26-15-. The molecule has 1 aliphatic rings. The summed E-state index contributed by atoms with van der Waals surface area (Å²) in [5, 5.41) is 2.55. The molecule has 9 heteroatoms. The van der Waals surface area contributed by atoms with Crippen LogP contribution in [-0.4, -0.2) is 35.2 Å². The van der Waals surface area contributed by atoms with E-state index in [1.54, 1.807) is 24.3 Å². The van der Waals surface area contributed by atoms with Crippen molar-refractivity contribution in [1.82, 2.24) is 4.90 Å². The van der Waals surface area contributed by atoms with E-state index in [-0.39, 0.29) is 30.2 Å². The molecule has 1 heterocycles. The number of hydrogen-bond acceptors (Lipinski definition) is 6. The van der Waals surface area contributed by atoms with Crippen molar-refractivity contribution < 1.29 is 23.9 Å². The van der Waals surface area contributed by atoms with Gasteiger partial charge in [0.1, 0.15) is 0 Å². The van der Waals surface area contributed by atoms with Crippen molar-refractivity contribution in [3.63, 3.8) is 0 Å².